The molecule has 0 radical (unpaired) electrons. The average Bonchev–Trinajstić information content (AvgIpc) is 2.84. The molecule has 0 aliphatic carbocycles. The fourth-order valence-electron chi connectivity index (χ4n) is 2.21. The first-order valence-corrected chi connectivity index (χ1v) is 8.43. The summed E-state index contributed by atoms with van der Waals surface area (Å²) in [5.41, 5.74) is 5.50. The summed E-state index contributed by atoms with van der Waals surface area (Å²) in [6, 6.07) is 3.77. The van der Waals surface area contributed by atoms with E-state index in [1.54, 1.807) is 0 Å². The van der Waals surface area contributed by atoms with E-state index in [4.69, 9.17) is 18.0 Å². The quantitative estimate of drug-likeness (QED) is 0.823. The summed E-state index contributed by atoms with van der Waals surface area (Å²) in [4.78, 5) is 17.8. The topological polar surface area (TPSA) is 49.6 Å². The molecule has 110 valence electrons. The first-order chi connectivity index (χ1) is 9.32. The van der Waals surface area contributed by atoms with Crippen molar-refractivity contribution < 1.29 is 4.79 Å². The Morgan fingerprint density at radius 1 is 1.35 bits per heavy atom. The van der Waals surface area contributed by atoms with Gasteiger partial charge in [-0.05, 0) is 41.9 Å². The zero-order valence-corrected chi connectivity index (χ0v) is 14.8. The number of thiophene rings is 1. The smallest absolute Gasteiger partial charge is 0.264 e. The molecule has 0 atom stereocenters. The minimum Gasteiger partial charge on any atom is -0.392 e. The first-order valence-electron chi connectivity index (χ1n) is 6.42. The summed E-state index contributed by atoms with van der Waals surface area (Å²) in [5, 5.41) is 0. The number of amides is 1. The van der Waals surface area contributed by atoms with Crippen LogP contribution in [0.4, 0.5) is 0 Å². The zero-order chi connectivity index (χ0) is 14.9. The Hall–Kier alpha value is -0.500. The Labute approximate surface area is 137 Å². The van der Waals surface area contributed by atoms with Gasteiger partial charge in [0.25, 0.3) is 5.91 Å². The monoisotopic (exact) mass is 375 g/mol. The van der Waals surface area contributed by atoms with Crippen molar-refractivity contribution in [2.75, 3.05) is 26.2 Å². The Kier molecular flexibility index (Phi) is 4.84. The van der Waals surface area contributed by atoms with Gasteiger partial charge in [0.1, 0.15) is 0 Å². The highest BCUT2D eigenvalue weighted by Crippen LogP contribution is 2.24. The van der Waals surface area contributed by atoms with Gasteiger partial charge in [0.05, 0.1) is 19.2 Å². The van der Waals surface area contributed by atoms with E-state index in [1.807, 2.05) is 30.9 Å². The number of thiocarbonyl (C=S) groups is 1. The van der Waals surface area contributed by atoms with Gasteiger partial charge < -0.3 is 10.6 Å². The van der Waals surface area contributed by atoms with E-state index in [-0.39, 0.29) is 11.4 Å². The van der Waals surface area contributed by atoms with Crippen molar-refractivity contribution in [2.24, 2.45) is 5.73 Å². The molecule has 1 saturated heterocycles. The minimum absolute atomic E-state index is 0.105. The maximum atomic E-state index is 12.3. The SMILES string of the molecule is CC(C)(C(N)=S)N1CCN(C(=O)c2ccc(Br)s2)CC1. The van der Waals surface area contributed by atoms with Crippen LogP contribution in [-0.2, 0) is 0 Å². The molecule has 20 heavy (non-hydrogen) atoms. The van der Waals surface area contributed by atoms with Crippen molar-refractivity contribution in [3.63, 3.8) is 0 Å². The molecule has 1 aliphatic heterocycles. The number of nitrogens with two attached hydrogens (primary N) is 1. The third-order valence-corrected chi connectivity index (χ3v) is 5.86. The number of carbonyl (C=O) groups is 1. The molecule has 0 spiro atoms. The van der Waals surface area contributed by atoms with Crippen LogP contribution in [0.2, 0.25) is 0 Å². The van der Waals surface area contributed by atoms with Crippen LogP contribution in [0.25, 0.3) is 0 Å². The summed E-state index contributed by atoms with van der Waals surface area (Å²) in [6.07, 6.45) is 0. The van der Waals surface area contributed by atoms with Gasteiger partial charge in [-0.1, -0.05) is 12.2 Å². The summed E-state index contributed by atoms with van der Waals surface area (Å²) in [6.45, 7) is 7.07. The van der Waals surface area contributed by atoms with Crippen LogP contribution in [-0.4, -0.2) is 52.4 Å². The van der Waals surface area contributed by atoms with Crippen LogP contribution < -0.4 is 5.73 Å². The molecule has 1 fully saturated rings. The van der Waals surface area contributed by atoms with E-state index in [0.29, 0.717) is 18.1 Å². The summed E-state index contributed by atoms with van der Waals surface area (Å²) in [7, 11) is 0. The zero-order valence-electron chi connectivity index (χ0n) is 11.6. The number of nitrogens with zero attached hydrogens (tertiary/aromatic N) is 2. The van der Waals surface area contributed by atoms with E-state index < -0.39 is 0 Å². The normalized spacial score (nSPS) is 17.2. The molecule has 1 aromatic rings. The van der Waals surface area contributed by atoms with Crippen molar-refractivity contribution in [3.05, 3.63) is 20.8 Å². The van der Waals surface area contributed by atoms with Gasteiger partial charge in [0.15, 0.2) is 0 Å². The highest BCUT2D eigenvalue weighted by Gasteiger charge is 2.33. The molecule has 7 heteroatoms. The summed E-state index contributed by atoms with van der Waals surface area (Å²) >= 11 is 9.98. The molecule has 1 aliphatic rings. The Morgan fingerprint density at radius 3 is 2.40 bits per heavy atom. The van der Waals surface area contributed by atoms with Gasteiger partial charge in [-0.3, -0.25) is 9.69 Å². The molecule has 2 heterocycles. The average molecular weight is 376 g/mol. The predicted octanol–water partition coefficient (Wildman–Crippen LogP) is 2.33. The maximum absolute atomic E-state index is 12.3. The lowest BCUT2D eigenvalue weighted by molar-refractivity contribution is 0.0544. The van der Waals surface area contributed by atoms with Crippen LogP contribution in [0.3, 0.4) is 0 Å². The van der Waals surface area contributed by atoms with Gasteiger partial charge in [-0.2, -0.15) is 0 Å². The fourth-order valence-corrected chi connectivity index (χ4v) is 3.69. The van der Waals surface area contributed by atoms with Crippen molar-refractivity contribution >= 4 is 50.4 Å². The van der Waals surface area contributed by atoms with Crippen molar-refractivity contribution in [3.8, 4) is 0 Å². The number of piperazine rings is 1. The second-order valence-electron chi connectivity index (χ2n) is 5.31. The lowest BCUT2D eigenvalue weighted by Crippen LogP contribution is -2.59. The molecule has 2 N–H and O–H groups in total. The molecule has 1 aromatic heterocycles. The lowest BCUT2D eigenvalue weighted by atomic mass is 10.0. The summed E-state index contributed by atoms with van der Waals surface area (Å²) in [5.74, 6) is 0.105. The lowest BCUT2D eigenvalue weighted by Gasteiger charge is -2.43. The highest BCUT2D eigenvalue weighted by molar-refractivity contribution is 9.11. The molecule has 2 rings (SSSR count). The van der Waals surface area contributed by atoms with Gasteiger partial charge in [0.2, 0.25) is 0 Å². The standard InChI is InChI=1S/C13H18BrN3OS2/c1-13(2,12(15)19)17-7-5-16(6-8-17)11(18)9-3-4-10(14)20-9/h3-4H,5-8H2,1-2H3,(H2,15,19). The van der Waals surface area contributed by atoms with E-state index in [2.05, 4.69) is 20.8 Å². The molecule has 4 nitrogen and oxygen atoms in total. The number of carbonyl (C=O) groups excluding carboxylic acids is 1. The van der Waals surface area contributed by atoms with E-state index >= 15 is 0 Å². The Bertz CT molecular complexity index is 521. The van der Waals surface area contributed by atoms with Crippen LogP contribution in [0, 0.1) is 0 Å². The van der Waals surface area contributed by atoms with Gasteiger partial charge in [-0.25, -0.2) is 0 Å². The number of hydrogen-bond acceptors (Lipinski definition) is 4. The molecule has 0 aromatic carbocycles. The number of hydrogen-bond donors (Lipinski definition) is 1. The van der Waals surface area contributed by atoms with Crippen molar-refractivity contribution in [1.82, 2.24) is 9.80 Å². The van der Waals surface area contributed by atoms with Gasteiger partial charge in [-0.15, -0.1) is 11.3 Å². The minimum atomic E-state index is -0.295. The van der Waals surface area contributed by atoms with E-state index in [9.17, 15) is 4.79 Å². The Morgan fingerprint density at radius 2 is 1.95 bits per heavy atom. The van der Waals surface area contributed by atoms with Gasteiger partial charge in [0, 0.05) is 26.2 Å². The largest absolute Gasteiger partial charge is 0.392 e. The highest BCUT2D eigenvalue weighted by atomic mass is 79.9. The van der Waals surface area contributed by atoms with E-state index in [0.717, 1.165) is 21.8 Å². The molecule has 0 bridgehead atoms. The fraction of sp³-hybridized carbons (Fsp3) is 0.538. The van der Waals surface area contributed by atoms with Crippen LogP contribution >= 0.6 is 39.5 Å². The first kappa shape index (κ1) is 15.9. The van der Waals surface area contributed by atoms with Crippen molar-refractivity contribution in [1.29, 1.82) is 0 Å². The predicted molar refractivity (Wildman–Crippen MR) is 90.4 cm³/mol. The molecular weight excluding hydrogens is 358 g/mol. The van der Waals surface area contributed by atoms with Gasteiger partial charge >= 0.3 is 0 Å². The molecular formula is C13H18BrN3OS2. The Balaban J connectivity index is 1.98. The van der Waals surface area contributed by atoms with Crippen LogP contribution in [0.5, 0.6) is 0 Å². The van der Waals surface area contributed by atoms with E-state index in [1.165, 1.54) is 11.3 Å². The molecule has 0 unspecified atom stereocenters. The second-order valence-corrected chi connectivity index (χ2v) is 8.21. The second kappa shape index (κ2) is 6.09. The van der Waals surface area contributed by atoms with Crippen molar-refractivity contribution in [2.45, 2.75) is 19.4 Å². The third kappa shape index (κ3) is 3.21. The summed E-state index contributed by atoms with van der Waals surface area (Å²) < 4.78 is 0.981. The molecule has 1 amide bonds. The third-order valence-electron chi connectivity index (χ3n) is 3.74. The van der Waals surface area contributed by atoms with Crippen LogP contribution in [0.1, 0.15) is 23.5 Å². The molecule has 0 saturated carbocycles. The number of rotatable bonds is 3. The van der Waals surface area contributed by atoms with Crippen LogP contribution in [0.15, 0.2) is 15.9 Å². The maximum Gasteiger partial charge on any atom is 0.264 e. The number of halogens is 1.